The lowest BCUT2D eigenvalue weighted by molar-refractivity contribution is 0.0711. The molecule has 8 nitrogen and oxygen atoms in total. The predicted molar refractivity (Wildman–Crippen MR) is 144 cm³/mol. The zero-order chi connectivity index (χ0) is 26.3. The molecule has 4 aromatic rings. The molecular formula is C29H34N6O2. The van der Waals surface area contributed by atoms with Crippen LogP contribution in [0.4, 0.5) is 0 Å². The number of aromatic amines is 1. The van der Waals surface area contributed by atoms with E-state index in [0.717, 1.165) is 24.0 Å². The van der Waals surface area contributed by atoms with E-state index < -0.39 is 0 Å². The van der Waals surface area contributed by atoms with Gasteiger partial charge in [0, 0.05) is 24.6 Å². The van der Waals surface area contributed by atoms with Gasteiger partial charge in [0.2, 0.25) is 0 Å². The van der Waals surface area contributed by atoms with Crippen LogP contribution in [0.2, 0.25) is 0 Å². The second-order valence-electron chi connectivity index (χ2n) is 11.2. The van der Waals surface area contributed by atoms with Crippen molar-refractivity contribution in [3.05, 3.63) is 86.5 Å². The third-order valence-corrected chi connectivity index (χ3v) is 7.38. The molecule has 1 aliphatic heterocycles. The lowest BCUT2D eigenvalue weighted by atomic mass is 9.86. The van der Waals surface area contributed by atoms with Gasteiger partial charge in [-0.15, -0.1) is 5.10 Å². The molecule has 0 saturated carbocycles. The van der Waals surface area contributed by atoms with Crippen molar-refractivity contribution in [2.45, 2.75) is 65.3 Å². The number of benzene rings is 2. The molecule has 0 unspecified atom stereocenters. The number of nitrogens with zero attached hydrogens (tertiary/aromatic N) is 5. The molecule has 1 fully saturated rings. The third-order valence-electron chi connectivity index (χ3n) is 7.38. The number of hydrogen-bond donors (Lipinski definition) is 1. The average Bonchev–Trinajstić information content (AvgIpc) is 3.28. The maximum Gasteiger partial charge on any atom is 0.281 e. The standard InChI is InChI=1S/C29H34N6O2/c1-18-6-7-19(2)22(16-18)17-35-26-24(32-33-35)27(36)31-25(30-26)20-12-14-34(15-13-20)28(37)21-8-10-23(11-9-21)29(3,4)5/h6-11,16,20H,12-15,17H2,1-5H3,(H,30,31,36). The van der Waals surface area contributed by atoms with Crippen molar-refractivity contribution in [1.82, 2.24) is 29.9 Å². The van der Waals surface area contributed by atoms with Gasteiger partial charge in [0.05, 0.1) is 6.54 Å². The van der Waals surface area contributed by atoms with Crippen LogP contribution in [0.3, 0.4) is 0 Å². The Balaban J connectivity index is 1.32. The normalized spacial score (nSPS) is 14.9. The number of hydrogen-bond acceptors (Lipinski definition) is 5. The fraction of sp³-hybridized carbons (Fsp3) is 0.414. The Morgan fingerprint density at radius 3 is 2.43 bits per heavy atom. The fourth-order valence-electron chi connectivity index (χ4n) is 4.97. The first-order valence-corrected chi connectivity index (χ1v) is 12.9. The Morgan fingerprint density at radius 1 is 1.05 bits per heavy atom. The van der Waals surface area contributed by atoms with E-state index in [1.54, 1.807) is 4.68 Å². The van der Waals surface area contributed by atoms with Crippen LogP contribution in [0.1, 0.15) is 78.0 Å². The lowest BCUT2D eigenvalue weighted by Gasteiger charge is -2.31. The summed E-state index contributed by atoms with van der Waals surface area (Å²) in [4.78, 5) is 35.5. The van der Waals surface area contributed by atoms with Crippen LogP contribution in [0.15, 0.2) is 47.3 Å². The molecule has 192 valence electrons. The van der Waals surface area contributed by atoms with Crippen LogP contribution in [0.5, 0.6) is 0 Å². The first-order valence-electron chi connectivity index (χ1n) is 12.9. The molecule has 0 bridgehead atoms. The molecule has 2 aromatic carbocycles. The molecule has 5 rings (SSSR count). The molecule has 1 saturated heterocycles. The van der Waals surface area contributed by atoms with Gasteiger partial charge in [-0.1, -0.05) is 61.9 Å². The molecular weight excluding hydrogens is 464 g/mol. The van der Waals surface area contributed by atoms with Gasteiger partial charge in [0.15, 0.2) is 11.2 Å². The van der Waals surface area contributed by atoms with Crippen molar-refractivity contribution < 1.29 is 4.79 Å². The summed E-state index contributed by atoms with van der Waals surface area (Å²) < 4.78 is 1.70. The van der Waals surface area contributed by atoms with Crippen LogP contribution in [-0.2, 0) is 12.0 Å². The second kappa shape index (κ2) is 9.57. The van der Waals surface area contributed by atoms with E-state index >= 15 is 0 Å². The van der Waals surface area contributed by atoms with Gasteiger partial charge in [0.25, 0.3) is 11.5 Å². The van der Waals surface area contributed by atoms with E-state index in [0.29, 0.717) is 36.7 Å². The summed E-state index contributed by atoms with van der Waals surface area (Å²) in [6.07, 6.45) is 1.47. The van der Waals surface area contributed by atoms with E-state index in [1.807, 2.05) is 29.2 Å². The van der Waals surface area contributed by atoms with Crippen LogP contribution < -0.4 is 5.56 Å². The number of aromatic nitrogens is 5. The molecule has 0 aliphatic carbocycles. The van der Waals surface area contributed by atoms with Crippen molar-refractivity contribution in [3.63, 3.8) is 0 Å². The highest BCUT2D eigenvalue weighted by Crippen LogP contribution is 2.28. The second-order valence-corrected chi connectivity index (χ2v) is 11.2. The van der Waals surface area contributed by atoms with Crippen LogP contribution in [0, 0.1) is 13.8 Å². The maximum atomic E-state index is 13.1. The van der Waals surface area contributed by atoms with E-state index in [9.17, 15) is 9.59 Å². The largest absolute Gasteiger partial charge is 0.339 e. The number of rotatable bonds is 4. The summed E-state index contributed by atoms with van der Waals surface area (Å²) in [6, 6.07) is 14.2. The Morgan fingerprint density at radius 2 is 1.76 bits per heavy atom. The quantitative estimate of drug-likeness (QED) is 0.447. The minimum absolute atomic E-state index is 0.0478. The van der Waals surface area contributed by atoms with Gasteiger partial charge < -0.3 is 9.88 Å². The van der Waals surface area contributed by atoms with Crippen LogP contribution in [0.25, 0.3) is 11.2 Å². The highest BCUT2D eigenvalue weighted by Gasteiger charge is 2.27. The molecule has 37 heavy (non-hydrogen) atoms. The summed E-state index contributed by atoms with van der Waals surface area (Å²) in [7, 11) is 0. The topological polar surface area (TPSA) is 96.8 Å². The van der Waals surface area contributed by atoms with Gasteiger partial charge in [-0.05, 0) is 60.9 Å². The number of likely N-dealkylation sites (tertiary alicyclic amines) is 1. The summed E-state index contributed by atoms with van der Waals surface area (Å²) in [5.41, 5.74) is 5.89. The van der Waals surface area contributed by atoms with Gasteiger partial charge >= 0.3 is 0 Å². The molecule has 8 heteroatoms. The third kappa shape index (κ3) is 5.05. The first kappa shape index (κ1) is 24.9. The van der Waals surface area contributed by atoms with Gasteiger partial charge in [-0.3, -0.25) is 9.59 Å². The van der Waals surface area contributed by atoms with E-state index in [2.05, 4.69) is 68.1 Å². The summed E-state index contributed by atoms with van der Waals surface area (Å²) in [5.74, 6) is 0.753. The van der Waals surface area contributed by atoms with Crippen molar-refractivity contribution >= 4 is 17.1 Å². The van der Waals surface area contributed by atoms with Crippen molar-refractivity contribution in [2.75, 3.05) is 13.1 Å². The molecule has 1 amide bonds. The zero-order valence-corrected chi connectivity index (χ0v) is 22.2. The van der Waals surface area contributed by atoms with E-state index in [-0.39, 0.29) is 28.3 Å². The smallest absolute Gasteiger partial charge is 0.281 e. The van der Waals surface area contributed by atoms with Crippen LogP contribution >= 0.6 is 0 Å². The summed E-state index contributed by atoms with van der Waals surface area (Å²) in [6.45, 7) is 12.3. The fourth-order valence-corrected chi connectivity index (χ4v) is 4.97. The molecule has 2 aromatic heterocycles. The number of piperidine rings is 1. The molecule has 3 heterocycles. The maximum absolute atomic E-state index is 13.1. The predicted octanol–water partition coefficient (Wildman–Crippen LogP) is 4.50. The Kier molecular flexibility index (Phi) is 6.43. The Hall–Kier alpha value is -3.81. The summed E-state index contributed by atoms with van der Waals surface area (Å²) in [5, 5.41) is 8.33. The average molecular weight is 499 g/mol. The van der Waals surface area contributed by atoms with E-state index in [1.165, 1.54) is 11.1 Å². The number of nitrogens with one attached hydrogen (secondary N) is 1. The minimum Gasteiger partial charge on any atom is -0.339 e. The molecule has 0 radical (unpaired) electrons. The first-order chi connectivity index (χ1) is 17.6. The monoisotopic (exact) mass is 498 g/mol. The van der Waals surface area contributed by atoms with Crippen molar-refractivity contribution in [2.24, 2.45) is 0 Å². The number of carbonyl (C=O) groups is 1. The zero-order valence-electron chi connectivity index (χ0n) is 22.2. The number of fused-ring (bicyclic) bond motifs is 1. The highest BCUT2D eigenvalue weighted by molar-refractivity contribution is 5.94. The van der Waals surface area contributed by atoms with Gasteiger partial charge in [-0.2, -0.15) is 0 Å². The number of aryl methyl sites for hydroxylation is 2. The number of H-pyrrole nitrogens is 1. The molecule has 0 spiro atoms. The van der Waals surface area contributed by atoms with Crippen LogP contribution in [-0.4, -0.2) is 48.9 Å². The number of carbonyl (C=O) groups excluding carboxylic acids is 1. The lowest BCUT2D eigenvalue weighted by Crippen LogP contribution is -2.38. The molecule has 0 atom stereocenters. The number of amides is 1. The SMILES string of the molecule is Cc1ccc(C)c(Cn2nnc3c(=O)[nH]c(C4CCN(C(=O)c5ccc(C(C)(C)C)cc5)CC4)nc32)c1. The van der Waals surface area contributed by atoms with Crippen molar-refractivity contribution in [3.8, 4) is 0 Å². The summed E-state index contributed by atoms with van der Waals surface area (Å²) >= 11 is 0. The highest BCUT2D eigenvalue weighted by atomic mass is 16.2. The molecule has 1 N–H and O–H groups in total. The minimum atomic E-state index is -0.273. The Labute approximate surface area is 216 Å². The molecule has 1 aliphatic rings. The van der Waals surface area contributed by atoms with Gasteiger partial charge in [0.1, 0.15) is 5.82 Å². The van der Waals surface area contributed by atoms with Gasteiger partial charge in [-0.25, -0.2) is 9.67 Å². The van der Waals surface area contributed by atoms with Crippen molar-refractivity contribution in [1.29, 1.82) is 0 Å². The Bertz CT molecular complexity index is 1500. The van der Waals surface area contributed by atoms with E-state index in [4.69, 9.17) is 4.98 Å².